The molecule has 2 aromatic rings. The molecular weight excluding hydrogens is 275 g/mol. The van der Waals surface area contributed by atoms with Gasteiger partial charge in [-0.15, -0.1) is 0 Å². The third kappa shape index (κ3) is 7.25. The second kappa shape index (κ2) is 11.8. The second-order valence-electron chi connectivity index (χ2n) is 4.37. The Morgan fingerprint density at radius 2 is 1.45 bits per heavy atom. The van der Waals surface area contributed by atoms with Gasteiger partial charge in [-0.3, -0.25) is 0 Å². The van der Waals surface area contributed by atoms with Gasteiger partial charge in [0.1, 0.15) is 0 Å². The second-order valence-corrected chi connectivity index (χ2v) is 4.37. The smallest absolute Gasteiger partial charge is 0.870 e. The zero-order valence-corrected chi connectivity index (χ0v) is 12.6. The predicted octanol–water partition coefficient (Wildman–Crippen LogP) is -0.210. The number of rotatable bonds is 5. The summed E-state index contributed by atoms with van der Waals surface area (Å²) in [5.41, 5.74) is 2.52. The summed E-state index contributed by atoms with van der Waals surface area (Å²) in [6.07, 6.45) is 3.02. The molecule has 22 heavy (non-hydrogen) atoms. The van der Waals surface area contributed by atoms with Crippen molar-refractivity contribution >= 4 is 12.0 Å². The van der Waals surface area contributed by atoms with Crippen LogP contribution in [-0.4, -0.2) is 22.0 Å². The molecule has 0 unspecified atom stereocenters. The molecule has 4 nitrogen and oxygen atoms in total. The van der Waals surface area contributed by atoms with Crippen LogP contribution < -0.4 is 18.9 Å². The topological polar surface area (TPSA) is 98.8 Å². The number of carboxylic acids is 1. The monoisotopic (exact) mass is 294 g/mol. The maximum absolute atomic E-state index is 11.3. The van der Waals surface area contributed by atoms with Crippen molar-refractivity contribution in [2.45, 2.75) is 12.8 Å². The molecule has 0 bridgehead atoms. The number of aryl methyl sites for hydroxylation is 1. The van der Waals surface area contributed by atoms with E-state index >= 15 is 0 Å². The summed E-state index contributed by atoms with van der Waals surface area (Å²) >= 11 is 0. The van der Waals surface area contributed by atoms with Crippen molar-refractivity contribution in [3.8, 4) is 0 Å². The predicted molar refractivity (Wildman–Crippen MR) is 82.4 cm³/mol. The largest absolute Gasteiger partial charge is 1.00 e. The first-order valence-electron chi connectivity index (χ1n) is 6.28. The Morgan fingerprint density at radius 3 is 1.95 bits per heavy atom. The normalized spacial score (nSPS) is 9.73. The molecule has 0 heterocycles. The van der Waals surface area contributed by atoms with Gasteiger partial charge in [0.2, 0.25) is 0 Å². The van der Waals surface area contributed by atoms with Gasteiger partial charge in [-0.05, 0) is 30.0 Å². The van der Waals surface area contributed by atoms with Gasteiger partial charge < -0.3 is 16.1 Å². The van der Waals surface area contributed by atoms with Crippen LogP contribution in [0.1, 0.15) is 17.5 Å². The molecule has 0 fully saturated rings. The molecule has 0 saturated heterocycles. The zero-order chi connectivity index (χ0) is 13.5. The summed E-state index contributed by atoms with van der Waals surface area (Å²) in [5.74, 6) is -0.847. The van der Waals surface area contributed by atoms with Crippen molar-refractivity contribution in [2.24, 2.45) is 0 Å². The van der Waals surface area contributed by atoms with Crippen molar-refractivity contribution in [1.82, 2.24) is 0 Å². The first-order chi connectivity index (χ1) is 9.25. The average Bonchev–Trinajstić information content (AvgIpc) is 2.45. The minimum absolute atomic E-state index is 0. The van der Waals surface area contributed by atoms with E-state index in [9.17, 15) is 9.90 Å². The number of carbonyl (C=O) groups is 1. The van der Waals surface area contributed by atoms with Gasteiger partial charge in [-0.2, -0.15) is 0 Å². The van der Waals surface area contributed by atoms with Crippen molar-refractivity contribution in [1.29, 1.82) is 0 Å². The molecule has 0 aliphatic rings. The number of hydrogen-bond acceptors (Lipinski definition) is 2. The Balaban J connectivity index is 0. The van der Waals surface area contributed by atoms with E-state index in [4.69, 9.17) is 0 Å². The maximum atomic E-state index is 11.3. The van der Waals surface area contributed by atoms with Crippen LogP contribution in [0, 0.1) is 0 Å². The van der Waals surface area contributed by atoms with E-state index in [0.717, 1.165) is 17.5 Å². The fourth-order valence-electron chi connectivity index (χ4n) is 1.91. The third-order valence-corrected chi connectivity index (χ3v) is 2.94. The minimum Gasteiger partial charge on any atom is -0.870 e. The Morgan fingerprint density at radius 1 is 0.955 bits per heavy atom. The quantitative estimate of drug-likeness (QED) is 0.610. The Kier molecular flexibility index (Phi) is 12.0. The van der Waals surface area contributed by atoms with Crippen LogP contribution in [0.5, 0.6) is 0 Å². The number of carboxylic acid groups (broad SMARTS) is 1. The molecule has 4 N–H and O–H groups in total. The summed E-state index contributed by atoms with van der Waals surface area (Å²) in [6, 6.07) is 19.5. The van der Waals surface area contributed by atoms with Gasteiger partial charge >= 0.3 is 24.8 Å². The summed E-state index contributed by atoms with van der Waals surface area (Å²) in [4.78, 5) is 11.3. The van der Waals surface area contributed by atoms with Crippen molar-refractivity contribution in [3.05, 3.63) is 77.4 Å². The van der Waals surface area contributed by atoms with Crippen LogP contribution in [0.2, 0.25) is 0 Å². The fraction of sp³-hybridized carbons (Fsp3) is 0.118. The first kappa shape index (κ1) is 22.4. The van der Waals surface area contributed by atoms with E-state index in [1.807, 2.05) is 60.7 Å². The van der Waals surface area contributed by atoms with Crippen molar-refractivity contribution in [2.75, 3.05) is 0 Å². The molecule has 2 rings (SSSR count). The number of aliphatic carboxylic acids is 1. The minimum atomic E-state index is -0.847. The molecule has 0 aliphatic heterocycles. The molecular formula is C17H19LiO4. The molecule has 0 aromatic heterocycles. The van der Waals surface area contributed by atoms with Gasteiger partial charge in [-0.1, -0.05) is 60.7 Å². The van der Waals surface area contributed by atoms with Gasteiger partial charge in [0.05, 0.1) is 0 Å². The first-order valence-corrected chi connectivity index (χ1v) is 6.28. The standard InChI is InChI=1S/C17H16O2.Li.2H2O/c18-17(19)16(13-15-9-5-2-6-10-15)12-11-14-7-3-1-4-8-14;;;/h1-10,13H,11-12H2,(H,18,19);;2*1H2/q;+1;;/p-1/b16-13+;;;. The molecule has 0 radical (unpaired) electrons. The van der Waals surface area contributed by atoms with Gasteiger partial charge in [0.25, 0.3) is 0 Å². The Bertz CT molecular complexity index is 568. The van der Waals surface area contributed by atoms with Crippen LogP contribution in [0.25, 0.3) is 6.08 Å². The van der Waals surface area contributed by atoms with E-state index in [-0.39, 0.29) is 29.8 Å². The van der Waals surface area contributed by atoms with E-state index < -0.39 is 5.97 Å². The number of hydrogen-bond donors (Lipinski definition) is 1. The van der Waals surface area contributed by atoms with E-state index in [1.54, 1.807) is 6.08 Å². The Labute approximate surface area is 142 Å². The molecule has 0 aliphatic carbocycles. The Hall–Kier alpha value is -1.83. The van der Waals surface area contributed by atoms with E-state index in [2.05, 4.69) is 0 Å². The molecule has 5 heteroatoms. The number of benzene rings is 2. The molecule has 2 aromatic carbocycles. The third-order valence-electron chi connectivity index (χ3n) is 2.94. The summed E-state index contributed by atoms with van der Waals surface area (Å²) < 4.78 is 0. The zero-order valence-electron chi connectivity index (χ0n) is 12.6. The van der Waals surface area contributed by atoms with Crippen LogP contribution in [0.3, 0.4) is 0 Å². The van der Waals surface area contributed by atoms with E-state index in [1.165, 1.54) is 0 Å². The van der Waals surface area contributed by atoms with Crippen LogP contribution in [-0.2, 0) is 11.2 Å². The van der Waals surface area contributed by atoms with Crippen LogP contribution >= 0.6 is 0 Å². The molecule has 112 valence electrons. The van der Waals surface area contributed by atoms with Crippen LogP contribution in [0.4, 0.5) is 0 Å². The summed E-state index contributed by atoms with van der Waals surface area (Å²) in [5, 5.41) is 9.24. The molecule has 0 atom stereocenters. The maximum Gasteiger partial charge on any atom is 1.00 e. The molecule has 0 amide bonds. The SMILES string of the molecule is O.O=C(O)/C(=C/c1ccccc1)CCc1ccccc1.[Li+].[OH-]. The molecule has 0 saturated carbocycles. The van der Waals surface area contributed by atoms with E-state index in [0.29, 0.717) is 12.0 Å². The van der Waals surface area contributed by atoms with Crippen molar-refractivity contribution < 1.29 is 39.7 Å². The summed E-state index contributed by atoms with van der Waals surface area (Å²) in [7, 11) is 0. The van der Waals surface area contributed by atoms with Crippen LogP contribution in [0.15, 0.2) is 66.2 Å². The molecule has 0 spiro atoms. The van der Waals surface area contributed by atoms with Gasteiger partial charge in [0, 0.05) is 5.57 Å². The van der Waals surface area contributed by atoms with Crippen molar-refractivity contribution in [3.63, 3.8) is 0 Å². The summed E-state index contributed by atoms with van der Waals surface area (Å²) in [6.45, 7) is 0. The fourth-order valence-corrected chi connectivity index (χ4v) is 1.91. The van der Waals surface area contributed by atoms with Gasteiger partial charge in [0.15, 0.2) is 0 Å². The average molecular weight is 294 g/mol. The van der Waals surface area contributed by atoms with Gasteiger partial charge in [-0.25, -0.2) is 4.79 Å².